The summed E-state index contributed by atoms with van der Waals surface area (Å²) in [7, 11) is -4.26. The highest BCUT2D eigenvalue weighted by atomic mass is 32.2. The fourth-order valence-corrected chi connectivity index (χ4v) is 6.27. The SMILES string of the molecule is CCCNC(=O)C(Cc1ccccc1)N(Cc1ccccc1F)C(=O)CN(c1ccccc1)S(=O)(=O)c1ccc(OCC)cc1. The molecule has 0 aliphatic heterocycles. The van der Waals surface area contributed by atoms with Crippen LogP contribution in [0.2, 0.25) is 0 Å². The number of nitrogens with zero attached hydrogens (tertiary/aromatic N) is 2. The van der Waals surface area contributed by atoms with E-state index in [0.29, 0.717) is 25.3 Å². The summed E-state index contributed by atoms with van der Waals surface area (Å²) in [6, 6.07) is 28.4. The van der Waals surface area contributed by atoms with E-state index in [9.17, 15) is 22.4 Å². The number of benzene rings is 4. The maximum atomic E-state index is 15.0. The lowest BCUT2D eigenvalue weighted by atomic mass is 10.0. The van der Waals surface area contributed by atoms with Crippen molar-refractivity contribution in [2.45, 2.75) is 44.2 Å². The third-order valence-electron chi connectivity index (χ3n) is 7.16. The maximum absolute atomic E-state index is 15.0. The molecule has 2 amide bonds. The molecule has 1 unspecified atom stereocenters. The fraction of sp³-hybridized carbons (Fsp3) is 0.257. The molecule has 4 aromatic rings. The molecular formula is C35H38FN3O5S. The van der Waals surface area contributed by atoms with Gasteiger partial charge in [0.25, 0.3) is 10.0 Å². The average Bonchev–Trinajstić information content (AvgIpc) is 3.06. The minimum absolute atomic E-state index is 0.0372. The Morgan fingerprint density at radius 1 is 0.844 bits per heavy atom. The van der Waals surface area contributed by atoms with E-state index in [-0.39, 0.29) is 29.1 Å². The fourth-order valence-electron chi connectivity index (χ4n) is 4.85. The zero-order chi connectivity index (χ0) is 32.2. The van der Waals surface area contributed by atoms with Crippen LogP contribution in [0.4, 0.5) is 10.1 Å². The molecule has 0 bridgehead atoms. The summed E-state index contributed by atoms with van der Waals surface area (Å²) in [6.07, 6.45) is 0.820. The molecule has 0 fully saturated rings. The zero-order valence-corrected chi connectivity index (χ0v) is 26.3. The topological polar surface area (TPSA) is 96.0 Å². The van der Waals surface area contributed by atoms with E-state index < -0.39 is 40.2 Å². The molecule has 1 N–H and O–H groups in total. The van der Waals surface area contributed by atoms with Crippen LogP contribution in [0.3, 0.4) is 0 Å². The van der Waals surface area contributed by atoms with Crippen molar-refractivity contribution in [1.29, 1.82) is 0 Å². The highest BCUT2D eigenvalue weighted by molar-refractivity contribution is 7.92. The first kappa shape index (κ1) is 33.2. The van der Waals surface area contributed by atoms with Gasteiger partial charge in [-0.05, 0) is 61.4 Å². The van der Waals surface area contributed by atoms with Crippen molar-refractivity contribution in [2.24, 2.45) is 0 Å². The number of ether oxygens (including phenoxy) is 1. The first-order valence-corrected chi connectivity index (χ1v) is 16.3. The Labute approximate surface area is 264 Å². The van der Waals surface area contributed by atoms with E-state index in [4.69, 9.17) is 4.74 Å². The van der Waals surface area contributed by atoms with Crippen LogP contribution in [0.25, 0.3) is 0 Å². The molecule has 236 valence electrons. The van der Waals surface area contributed by atoms with Gasteiger partial charge in [-0.3, -0.25) is 13.9 Å². The van der Waals surface area contributed by atoms with E-state index in [2.05, 4.69) is 5.32 Å². The van der Waals surface area contributed by atoms with Crippen molar-refractivity contribution in [1.82, 2.24) is 10.2 Å². The van der Waals surface area contributed by atoms with Crippen LogP contribution in [-0.2, 0) is 32.6 Å². The molecule has 4 aromatic carbocycles. The molecule has 0 spiro atoms. The standard InChI is InChI=1S/C35H38FN3O5S/c1-3-23-37-35(41)33(24-27-13-7-5-8-14-27)38(25-28-15-11-12-18-32(28)36)34(40)26-39(29-16-9-6-10-17-29)45(42,43)31-21-19-30(20-22-31)44-4-2/h5-22,33H,3-4,23-26H2,1-2H3,(H,37,41). The van der Waals surface area contributed by atoms with Crippen LogP contribution in [-0.4, -0.2) is 50.9 Å². The molecule has 4 rings (SSSR count). The van der Waals surface area contributed by atoms with E-state index >= 15 is 0 Å². The Bertz CT molecular complexity index is 1650. The molecule has 0 heterocycles. The van der Waals surface area contributed by atoms with Gasteiger partial charge in [-0.1, -0.05) is 73.7 Å². The number of para-hydroxylation sites is 1. The lowest BCUT2D eigenvalue weighted by Crippen LogP contribution is -2.53. The number of nitrogens with one attached hydrogen (secondary N) is 1. The first-order chi connectivity index (χ1) is 21.7. The van der Waals surface area contributed by atoms with E-state index in [1.54, 1.807) is 60.7 Å². The summed E-state index contributed by atoms with van der Waals surface area (Å²) in [4.78, 5) is 29.3. The first-order valence-electron chi connectivity index (χ1n) is 14.9. The normalized spacial score (nSPS) is 11.8. The molecule has 0 aliphatic rings. The highest BCUT2D eigenvalue weighted by Gasteiger charge is 2.35. The van der Waals surface area contributed by atoms with Crippen LogP contribution in [0, 0.1) is 5.82 Å². The van der Waals surface area contributed by atoms with Gasteiger partial charge >= 0.3 is 0 Å². The van der Waals surface area contributed by atoms with Gasteiger partial charge in [0.05, 0.1) is 17.2 Å². The largest absolute Gasteiger partial charge is 0.494 e. The lowest BCUT2D eigenvalue weighted by molar-refractivity contribution is -0.140. The summed E-state index contributed by atoms with van der Waals surface area (Å²) >= 11 is 0. The summed E-state index contributed by atoms with van der Waals surface area (Å²) < 4.78 is 49.6. The third kappa shape index (κ3) is 8.69. The number of amides is 2. The van der Waals surface area contributed by atoms with Crippen LogP contribution in [0.1, 0.15) is 31.4 Å². The van der Waals surface area contributed by atoms with Crippen molar-refractivity contribution >= 4 is 27.5 Å². The van der Waals surface area contributed by atoms with Gasteiger partial charge in [0, 0.05) is 25.1 Å². The molecule has 1 atom stereocenters. The second-order valence-corrected chi connectivity index (χ2v) is 12.2. The number of anilines is 1. The second kappa shape index (κ2) is 15.9. The molecule has 45 heavy (non-hydrogen) atoms. The highest BCUT2D eigenvalue weighted by Crippen LogP contribution is 2.26. The average molecular weight is 632 g/mol. The molecule has 0 radical (unpaired) electrons. The van der Waals surface area contributed by atoms with Crippen molar-refractivity contribution in [3.05, 3.63) is 126 Å². The zero-order valence-electron chi connectivity index (χ0n) is 25.4. The Kier molecular flexibility index (Phi) is 11.7. The Morgan fingerprint density at radius 3 is 2.09 bits per heavy atom. The molecule has 0 saturated heterocycles. The number of hydrogen-bond acceptors (Lipinski definition) is 5. The van der Waals surface area contributed by atoms with E-state index in [1.165, 1.54) is 23.1 Å². The molecule has 10 heteroatoms. The summed E-state index contributed by atoms with van der Waals surface area (Å²) in [5.74, 6) is -1.10. The van der Waals surface area contributed by atoms with Crippen molar-refractivity contribution in [2.75, 3.05) is 24.0 Å². The number of carbonyl (C=O) groups is 2. The minimum Gasteiger partial charge on any atom is -0.494 e. The Balaban J connectivity index is 1.77. The minimum atomic E-state index is -4.26. The van der Waals surface area contributed by atoms with Crippen molar-refractivity contribution in [3.63, 3.8) is 0 Å². The summed E-state index contributed by atoms with van der Waals surface area (Å²) in [6.45, 7) is 3.68. The van der Waals surface area contributed by atoms with Gasteiger partial charge in [0.1, 0.15) is 24.2 Å². The molecule has 0 aliphatic carbocycles. The quantitative estimate of drug-likeness (QED) is 0.185. The number of hydrogen-bond donors (Lipinski definition) is 1. The van der Waals surface area contributed by atoms with Gasteiger partial charge in [-0.2, -0.15) is 0 Å². The van der Waals surface area contributed by atoms with Crippen molar-refractivity contribution < 1.29 is 27.1 Å². The molecule has 0 saturated carbocycles. The number of sulfonamides is 1. The van der Waals surface area contributed by atoms with Gasteiger partial charge in [0.15, 0.2) is 0 Å². The van der Waals surface area contributed by atoms with Gasteiger partial charge < -0.3 is 15.0 Å². The maximum Gasteiger partial charge on any atom is 0.264 e. The van der Waals surface area contributed by atoms with Crippen molar-refractivity contribution in [3.8, 4) is 5.75 Å². The predicted octanol–water partition coefficient (Wildman–Crippen LogP) is 5.59. The molecular weight excluding hydrogens is 593 g/mol. The number of halogens is 1. The summed E-state index contributed by atoms with van der Waals surface area (Å²) in [5, 5.41) is 2.87. The van der Waals surface area contributed by atoms with Gasteiger partial charge in [-0.15, -0.1) is 0 Å². The smallest absolute Gasteiger partial charge is 0.264 e. The Hall–Kier alpha value is -4.70. The van der Waals surface area contributed by atoms with Crippen LogP contribution < -0.4 is 14.4 Å². The number of carbonyl (C=O) groups excluding carboxylic acids is 2. The van der Waals surface area contributed by atoms with Gasteiger partial charge in [-0.25, -0.2) is 12.8 Å². The third-order valence-corrected chi connectivity index (χ3v) is 8.95. The Morgan fingerprint density at radius 2 is 1.47 bits per heavy atom. The van der Waals surface area contributed by atoms with Gasteiger partial charge in [0.2, 0.25) is 11.8 Å². The predicted molar refractivity (Wildman–Crippen MR) is 173 cm³/mol. The van der Waals surface area contributed by atoms with Crippen LogP contribution in [0.5, 0.6) is 5.75 Å². The van der Waals surface area contributed by atoms with E-state index in [1.807, 2.05) is 44.2 Å². The summed E-state index contributed by atoms with van der Waals surface area (Å²) in [5.41, 5.74) is 1.26. The molecule has 0 aromatic heterocycles. The lowest BCUT2D eigenvalue weighted by Gasteiger charge is -2.34. The van der Waals surface area contributed by atoms with Crippen LogP contribution >= 0.6 is 0 Å². The number of rotatable bonds is 15. The van der Waals surface area contributed by atoms with Crippen LogP contribution in [0.15, 0.2) is 114 Å². The molecule has 8 nitrogen and oxygen atoms in total. The second-order valence-electron chi connectivity index (χ2n) is 10.4. The van der Waals surface area contributed by atoms with E-state index in [0.717, 1.165) is 9.87 Å². The monoisotopic (exact) mass is 631 g/mol.